The normalized spacial score (nSPS) is 20.7. The maximum Gasteiger partial charge on any atom is 0.0893 e. The molecule has 0 saturated heterocycles. The summed E-state index contributed by atoms with van der Waals surface area (Å²) in [6.07, 6.45) is 2.52. The van der Waals surface area contributed by atoms with Crippen LogP contribution in [0.3, 0.4) is 0 Å². The molecule has 4 nitrogen and oxygen atoms in total. The summed E-state index contributed by atoms with van der Waals surface area (Å²) in [5, 5.41) is 4.52. The molecule has 0 unspecified atom stereocenters. The third kappa shape index (κ3) is 1.02. The second-order valence-electron chi connectivity index (χ2n) is 3.74. The highest BCUT2D eigenvalue weighted by Crippen LogP contribution is 2.38. The van der Waals surface area contributed by atoms with Gasteiger partial charge in [0.15, 0.2) is 0 Å². The molecule has 0 spiro atoms. The van der Waals surface area contributed by atoms with Crippen LogP contribution in [0.25, 0.3) is 0 Å². The Balaban J connectivity index is 2.09. The van der Waals surface area contributed by atoms with Gasteiger partial charge in [-0.1, -0.05) is 0 Å². The van der Waals surface area contributed by atoms with E-state index in [1.165, 1.54) is 24.1 Å². The van der Waals surface area contributed by atoms with E-state index in [0.717, 1.165) is 12.3 Å². The van der Waals surface area contributed by atoms with E-state index in [1.807, 2.05) is 0 Å². The summed E-state index contributed by atoms with van der Waals surface area (Å²) in [5.74, 6) is 0. The molecule has 13 heavy (non-hydrogen) atoms. The third-order valence-corrected chi connectivity index (χ3v) is 2.77. The van der Waals surface area contributed by atoms with Crippen molar-refractivity contribution in [3.8, 4) is 0 Å². The molecule has 0 atom stereocenters. The van der Waals surface area contributed by atoms with Crippen LogP contribution in [0.5, 0.6) is 0 Å². The molecule has 1 aromatic heterocycles. The maximum atomic E-state index is 5.63. The number of ether oxygens (including phenoxy) is 1. The first-order valence-electron chi connectivity index (χ1n) is 4.77. The zero-order valence-corrected chi connectivity index (χ0v) is 7.49. The molecule has 1 aromatic rings. The summed E-state index contributed by atoms with van der Waals surface area (Å²) in [4.78, 5) is 0. The predicted octanol–water partition coefficient (Wildman–Crippen LogP) is 0.707. The van der Waals surface area contributed by atoms with E-state index >= 15 is 0 Å². The Labute approximate surface area is 76.7 Å². The van der Waals surface area contributed by atoms with E-state index < -0.39 is 0 Å². The summed E-state index contributed by atoms with van der Waals surface area (Å²) >= 11 is 0. The standard InChI is InChI=1S/C9H13N3O/c10-3-8-7-4-13-5-9(7)12(11-8)6-1-2-6/h6H,1-5,10H2. The number of hydrogen-bond donors (Lipinski definition) is 1. The molecule has 2 heterocycles. The van der Waals surface area contributed by atoms with Gasteiger partial charge in [-0.15, -0.1) is 0 Å². The van der Waals surface area contributed by atoms with Crippen LogP contribution in [0.2, 0.25) is 0 Å². The molecular weight excluding hydrogens is 166 g/mol. The molecular formula is C9H13N3O. The lowest BCUT2D eigenvalue weighted by Crippen LogP contribution is -2.04. The first-order chi connectivity index (χ1) is 6.40. The Morgan fingerprint density at radius 2 is 2.31 bits per heavy atom. The summed E-state index contributed by atoms with van der Waals surface area (Å²) < 4.78 is 7.53. The Bertz CT molecular complexity index is 341. The van der Waals surface area contributed by atoms with Crippen molar-refractivity contribution in [2.45, 2.75) is 38.6 Å². The Morgan fingerprint density at radius 3 is 3.00 bits per heavy atom. The van der Waals surface area contributed by atoms with E-state index in [4.69, 9.17) is 10.5 Å². The van der Waals surface area contributed by atoms with Crippen molar-refractivity contribution in [1.29, 1.82) is 0 Å². The van der Waals surface area contributed by atoms with E-state index in [9.17, 15) is 0 Å². The van der Waals surface area contributed by atoms with Gasteiger partial charge in [0.05, 0.1) is 30.6 Å². The second kappa shape index (κ2) is 2.56. The van der Waals surface area contributed by atoms with Crippen LogP contribution in [0.1, 0.15) is 35.8 Å². The zero-order chi connectivity index (χ0) is 8.84. The third-order valence-electron chi connectivity index (χ3n) is 2.77. The molecule has 2 aliphatic rings. The lowest BCUT2D eigenvalue weighted by Gasteiger charge is -2.00. The lowest BCUT2D eigenvalue weighted by molar-refractivity contribution is 0.128. The highest BCUT2D eigenvalue weighted by atomic mass is 16.5. The fourth-order valence-electron chi connectivity index (χ4n) is 1.91. The molecule has 0 bridgehead atoms. The minimum atomic E-state index is 0.533. The van der Waals surface area contributed by atoms with Gasteiger partial charge in [0.1, 0.15) is 0 Å². The number of aromatic nitrogens is 2. The van der Waals surface area contributed by atoms with Crippen LogP contribution in [-0.2, 0) is 24.5 Å². The highest BCUT2D eigenvalue weighted by Gasteiger charge is 2.31. The summed E-state index contributed by atoms with van der Waals surface area (Å²) in [6.45, 7) is 1.96. The maximum absolute atomic E-state index is 5.63. The van der Waals surface area contributed by atoms with Crippen LogP contribution in [0, 0.1) is 0 Å². The minimum Gasteiger partial charge on any atom is -0.370 e. The molecule has 1 saturated carbocycles. The topological polar surface area (TPSA) is 53.1 Å². The van der Waals surface area contributed by atoms with E-state index in [-0.39, 0.29) is 0 Å². The van der Waals surface area contributed by atoms with Gasteiger partial charge in [0, 0.05) is 12.1 Å². The average molecular weight is 179 g/mol. The van der Waals surface area contributed by atoms with E-state index in [0.29, 0.717) is 19.2 Å². The van der Waals surface area contributed by atoms with Gasteiger partial charge in [0.25, 0.3) is 0 Å². The van der Waals surface area contributed by atoms with Gasteiger partial charge in [-0.25, -0.2) is 0 Å². The van der Waals surface area contributed by atoms with Crippen molar-refractivity contribution >= 4 is 0 Å². The van der Waals surface area contributed by atoms with Crippen LogP contribution < -0.4 is 5.73 Å². The zero-order valence-electron chi connectivity index (χ0n) is 7.49. The fourth-order valence-corrected chi connectivity index (χ4v) is 1.91. The van der Waals surface area contributed by atoms with Crippen molar-refractivity contribution < 1.29 is 4.74 Å². The Morgan fingerprint density at radius 1 is 1.46 bits per heavy atom. The van der Waals surface area contributed by atoms with Crippen molar-refractivity contribution in [2.75, 3.05) is 0 Å². The minimum absolute atomic E-state index is 0.533. The molecule has 3 rings (SSSR count). The number of nitrogens with zero attached hydrogens (tertiary/aromatic N) is 2. The van der Waals surface area contributed by atoms with Crippen molar-refractivity contribution in [1.82, 2.24) is 9.78 Å². The molecule has 0 aromatic carbocycles. The van der Waals surface area contributed by atoms with Gasteiger partial charge < -0.3 is 10.5 Å². The predicted molar refractivity (Wildman–Crippen MR) is 46.9 cm³/mol. The molecule has 0 amide bonds. The second-order valence-corrected chi connectivity index (χ2v) is 3.74. The van der Waals surface area contributed by atoms with Crippen LogP contribution >= 0.6 is 0 Å². The molecule has 70 valence electrons. The van der Waals surface area contributed by atoms with Gasteiger partial charge in [-0.3, -0.25) is 4.68 Å². The molecule has 0 radical (unpaired) electrons. The summed E-state index contributed by atoms with van der Waals surface area (Å²) in [7, 11) is 0. The molecule has 1 fully saturated rings. The van der Waals surface area contributed by atoms with E-state index in [2.05, 4.69) is 9.78 Å². The summed E-state index contributed by atoms with van der Waals surface area (Å²) in [6, 6.07) is 0.635. The van der Waals surface area contributed by atoms with Gasteiger partial charge >= 0.3 is 0 Å². The SMILES string of the molecule is NCc1nn(C2CC2)c2c1COC2. The van der Waals surface area contributed by atoms with Crippen LogP contribution in [-0.4, -0.2) is 9.78 Å². The molecule has 1 aliphatic heterocycles. The van der Waals surface area contributed by atoms with Crippen LogP contribution in [0.4, 0.5) is 0 Å². The lowest BCUT2D eigenvalue weighted by atomic mass is 10.2. The smallest absolute Gasteiger partial charge is 0.0893 e. The van der Waals surface area contributed by atoms with Gasteiger partial charge in [-0.2, -0.15) is 5.10 Å². The van der Waals surface area contributed by atoms with Crippen molar-refractivity contribution in [3.05, 3.63) is 17.0 Å². The van der Waals surface area contributed by atoms with Crippen molar-refractivity contribution in [3.63, 3.8) is 0 Å². The highest BCUT2D eigenvalue weighted by molar-refractivity contribution is 5.28. The molecule has 4 heteroatoms. The molecule has 2 N–H and O–H groups in total. The monoisotopic (exact) mass is 179 g/mol. The van der Waals surface area contributed by atoms with Crippen LogP contribution in [0.15, 0.2) is 0 Å². The quantitative estimate of drug-likeness (QED) is 0.727. The first kappa shape index (κ1) is 7.53. The fraction of sp³-hybridized carbons (Fsp3) is 0.667. The number of rotatable bonds is 2. The first-order valence-corrected chi connectivity index (χ1v) is 4.77. The number of hydrogen-bond acceptors (Lipinski definition) is 3. The van der Waals surface area contributed by atoms with Gasteiger partial charge in [-0.05, 0) is 12.8 Å². The summed E-state index contributed by atoms with van der Waals surface area (Å²) in [5.41, 5.74) is 9.16. The Kier molecular flexibility index (Phi) is 1.48. The molecule has 1 aliphatic carbocycles. The Hall–Kier alpha value is -0.870. The van der Waals surface area contributed by atoms with E-state index in [1.54, 1.807) is 0 Å². The largest absolute Gasteiger partial charge is 0.370 e. The van der Waals surface area contributed by atoms with Gasteiger partial charge in [0.2, 0.25) is 0 Å². The average Bonchev–Trinajstić information content (AvgIpc) is 2.77. The van der Waals surface area contributed by atoms with Crippen molar-refractivity contribution in [2.24, 2.45) is 5.73 Å². The number of fused-ring (bicyclic) bond motifs is 1. The number of nitrogens with two attached hydrogens (primary N) is 1.